The van der Waals surface area contributed by atoms with E-state index in [2.05, 4.69) is 19.2 Å². The molecule has 0 saturated heterocycles. The highest BCUT2D eigenvalue weighted by atomic mass is 35.5. The first-order valence-electron chi connectivity index (χ1n) is 7.85. The third-order valence-corrected chi connectivity index (χ3v) is 6.00. The van der Waals surface area contributed by atoms with Crippen LogP contribution in [-0.2, 0) is 14.3 Å². The van der Waals surface area contributed by atoms with Gasteiger partial charge in [0.1, 0.15) is 5.54 Å². The van der Waals surface area contributed by atoms with Crippen molar-refractivity contribution in [2.24, 2.45) is 16.6 Å². The Hall–Kier alpha value is -0.360. The molecule has 130 valence electrons. The summed E-state index contributed by atoms with van der Waals surface area (Å²) in [6.45, 7) is 10.9. The van der Waals surface area contributed by atoms with Crippen LogP contribution in [0.1, 0.15) is 47.5 Å². The van der Waals surface area contributed by atoms with Gasteiger partial charge >= 0.3 is 0 Å². The molecule has 4 atom stereocenters. The molecule has 0 aromatic heterocycles. The lowest BCUT2D eigenvalue weighted by Crippen LogP contribution is -2.77. The van der Waals surface area contributed by atoms with Crippen molar-refractivity contribution >= 4 is 18.3 Å². The Morgan fingerprint density at radius 1 is 1.27 bits per heavy atom. The van der Waals surface area contributed by atoms with Gasteiger partial charge in [-0.1, -0.05) is 27.7 Å². The van der Waals surface area contributed by atoms with Crippen LogP contribution in [0.2, 0.25) is 0 Å². The van der Waals surface area contributed by atoms with E-state index in [1.165, 1.54) is 0 Å². The van der Waals surface area contributed by atoms with Gasteiger partial charge in [-0.25, -0.2) is 0 Å². The minimum atomic E-state index is -0.846. The largest absolute Gasteiger partial charge is 0.381 e. The molecule has 6 heteroatoms. The van der Waals surface area contributed by atoms with Gasteiger partial charge in [0.2, 0.25) is 5.91 Å². The number of nitrogens with two attached hydrogens (primary N) is 1. The summed E-state index contributed by atoms with van der Waals surface area (Å²) >= 11 is 0. The third kappa shape index (κ3) is 2.66. The Labute approximate surface area is 140 Å². The quantitative estimate of drug-likeness (QED) is 0.805. The molecule has 2 saturated carbocycles. The molecular weight excluding hydrogens is 304 g/mol. The highest BCUT2D eigenvalue weighted by Gasteiger charge is 2.63. The number of ether oxygens (including phenoxy) is 2. The van der Waals surface area contributed by atoms with Crippen LogP contribution >= 0.6 is 12.4 Å². The molecule has 2 rings (SSSR count). The van der Waals surface area contributed by atoms with E-state index in [0.29, 0.717) is 13.0 Å². The van der Waals surface area contributed by atoms with Crippen molar-refractivity contribution in [3.8, 4) is 0 Å². The number of halogens is 1. The number of methoxy groups -OCH3 is 1. The molecule has 22 heavy (non-hydrogen) atoms. The molecule has 0 aliphatic heterocycles. The number of hydrogen-bond donors (Lipinski definition) is 2. The predicted octanol–water partition coefficient (Wildman–Crippen LogP) is 1.87. The highest BCUT2D eigenvalue weighted by molar-refractivity contribution is 5.89. The van der Waals surface area contributed by atoms with Gasteiger partial charge in [-0.05, 0) is 13.3 Å². The summed E-state index contributed by atoms with van der Waals surface area (Å²) in [4.78, 5) is 12.7. The van der Waals surface area contributed by atoms with Gasteiger partial charge in [-0.2, -0.15) is 0 Å². The maximum Gasteiger partial charge on any atom is 0.241 e. The molecule has 2 aliphatic carbocycles. The molecule has 5 nitrogen and oxygen atoms in total. The molecule has 4 unspecified atom stereocenters. The number of amides is 1. The topological polar surface area (TPSA) is 73.6 Å². The van der Waals surface area contributed by atoms with Crippen LogP contribution < -0.4 is 11.1 Å². The van der Waals surface area contributed by atoms with E-state index < -0.39 is 5.54 Å². The molecule has 0 spiro atoms. The Balaban J connectivity index is 0.00000242. The highest BCUT2D eigenvalue weighted by Crippen LogP contribution is 2.50. The van der Waals surface area contributed by atoms with Crippen LogP contribution in [0, 0.1) is 10.8 Å². The lowest BCUT2D eigenvalue weighted by atomic mass is 9.54. The lowest BCUT2D eigenvalue weighted by molar-refractivity contribution is -0.175. The first-order chi connectivity index (χ1) is 9.61. The number of carbonyl (C=O) groups excluding carboxylic acids is 1. The van der Waals surface area contributed by atoms with Crippen molar-refractivity contribution in [1.29, 1.82) is 0 Å². The molecular formula is C16H31ClN2O3. The van der Waals surface area contributed by atoms with E-state index in [1.807, 2.05) is 20.8 Å². The minimum absolute atomic E-state index is 0. The van der Waals surface area contributed by atoms with Crippen LogP contribution in [0.3, 0.4) is 0 Å². The summed E-state index contributed by atoms with van der Waals surface area (Å²) in [5, 5.41) is 3.13. The van der Waals surface area contributed by atoms with Crippen LogP contribution in [0.25, 0.3) is 0 Å². The van der Waals surface area contributed by atoms with Gasteiger partial charge in [0.25, 0.3) is 0 Å². The normalized spacial score (nSPS) is 38.2. The Morgan fingerprint density at radius 2 is 1.86 bits per heavy atom. The molecule has 0 aromatic carbocycles. The summed E-state index contributed by atoms with van der Waals surface area (Å²) in [7, 11) is 1.72. The second kappa shape index (κ2) is 6.27. The van der Waals surface area contributed by atoms with Gasteiger partial charge in [-0.15, -0.1) is 12.4 Å². The smallest absolute Gasteiger partial charge is 0.241 e. The molecule has 3 N–H and O–H groups in total. The summed E-state index contributed by atoms with van der Waals surface area (Å²) < 4.78 is 11.1. The second-order valence-corrected chi connectivity index (χ2v) is 7.65. The maximum absolute atomic E-state index is 12.7. The fraction of sp³-hybridized carbons (Fsp3) is 0.938. The predicted molar refractivity (Wildman–Crippen MR) is 89.1 cm³/mol. The number of carbonyl (C=O) groups is 1. The second-order valence-electron chi connectivity index (χ2n) is 7.65. The van der Waals surface area contributed by atoms with Crippen molar-refractivity contribution in [3.63, 3.8) is 0 Å². The van der Waals surface area contributed by atoms with Gasteiger partial charge in [-0.3, -0.25) is 4.79 Å². The summed E-state index contributed by atoms with van der Waals surface area (Å²) in [6.07, 6.45) is 1.68. The zero-order valence-electron chi connectivity index (χ0n) is 14.6. The molecule has 2 fully saturated rings. The molecule has 1 amide bonds. The Bertz CT molecular complexity index is 428. The molecule has 0 bridgehead atoms. The number of hydrogen-bond acceptors (Lipinski definition) is 4. The standard InChI is InChI=1S/C16H30N2O3.ClH/c1-7-21-12-9-16(17,15(12,4)5)13(19)18-10-8-11(20-6)14(10,2)3;/h10-12H,7-9,17H2,1-6H3,(H,18,19);1H. The zero-order chi connectivity index (χ0) is 16.1. The zero-order valence-corrected chi connectivity index (χ0v) is 15.4. The van der Waals surface area contributed by atoms with Gasteiger partial charge in [0, 0.05) is 37.0 Å². The van der Waals surface area contributed by atoms with E-state index in [-0.39, 0.29) is 47.4 Å². The van der Waals surface area contributed by atoms with E-state index >= 15 is 0 Å². The first kappa shape index (κ1) is 19.7. The average molecular weight is 335 g/mol. The SMILES string of the molecule is CCOC1CC(N)(C(=O)NC2CC(OC)C2(C)C)C1(C)C.Cl. The summed E-state index contributed by atoms with van der Waals surface area (Å²) in [5.41, 5.74) is 5.16. The fourth-order valence-electron chi connectivity index (χ4n) is 3.64. The molecule has 0 heterocycles. The average Bonchev–Trinajstić information content (AvgIpc) is 2.42. The number of rotatable bonds is 5. The first-order valence-corrected chi connectivity index (χ1v) is 7.85. The van der Waals surface area contributed by atoms with E-state index in [1.54, 1.807) is 7.11 Å². The maximum atomic E-state index is 12.7. The van der Waals surface area contributed by atoms with Gasteiger partial charge in [0.15, 0.2) is 0 Å². The molecule has 0 aromatic rings. The van der Waals surface area contributed by atoms with Gasteiger partial charge in [0.05, 0.1) is 12.2 Å². The van der Waals surface area contributed by atoms with Crippen LogP contribution in [-0.4, -0.2) is 43.4 Å². The third-order valence-electron chi connectivity index (χ3n) is 6.00. The van der Waals surface area contributed by atoms with Crippen molar-refractivity contribution in [1.82, 2.24) is 5.32 Å². The minimum Gasteiger partial charge on any atom is -0.381 e. The fourth-order valence-corrected chi connectivity index (χ4v) is 3.64. The molecule has 2 aliphatic rings. The van der Waals surface area contributed by atoms with Crippen molar-refractivity contribution < 1.29 is 14.3 Å². The Kier molecular flexibility index (Phi) is 5.61. The van der Waals surface area contributed by atoms with E-state index in [9.17, 15) is 4.79 Å². The van der Waals surface area contributed by atoms with Gasteiger partial charge < -0.3 is 20.5 Å². The molecule has 0 radical (unpaired) electrons. The summed E-state index contributed by atoms with van der Waals surface area (Å²) in [5.74, 6) is -0.0592. The van der Waals surface area contributed by atoms with Crippen molar-refractivity contribution in [2.45, 2.75) is 71.2 Å². The van der Waals surface area contributed by atoms with E-state index in [0.717, 1.165) is 6.42 Å². The van der Waals surface area contributed by atoms with Crippen LogP contribution in [0.15, 0.2) is 0 Å². The monoisotopic (exact) mass is 334 g/mol. The summed E-state index contributed by atoms with van der Waals surface area (Å²) in [6, 6.07) is 0.123. The Morgan fingerprint density at radius 3 is 2.27 bits per heavy atom. The van der Waals surface area contributed by atoms with Crippen LogP contribution in [0.4, 0.5) is 0 Å². The van der Waals surface area contributed by atoms with Crippen molar-refractivity contribution in [3.05, 3.63) is 0 Å². The lowest BCUT2D eigenvalue weighted by Gasteiger charge is -2.59. The number of nitrogens with one attached hydrogen (secondary N) is 1. The van der Waals surface area contributed by atoms with E-state index in [4.69, 9.17) is 15.2 Å². The van der Waals surface area contributed by atoms with Crippen LogP contribution in [0.5, 0.6) is 0 Å². The van der Waals surface area contributed by atoms with Crippen molar-refractivity contribution in [2.75, 3.05) is 13.7 Å².